The summed E-state index contributed by atoms with van der Waals surface area (Å²) in [4.78, 5) is 0. The second kappa shape index (κ2) is 8.85. The summed E-state index contributed by atoms with van der Waals surface area (Å²) in [6.07, 6.45) is 0.211. The maximum atomic E-state index is 13.1. The van der Waals surface area contributed by atoms with E-state index in [1.54, 1.807) is 19.1 Å². The molecule has 1 atom stereocenters. The van der Waals surface area contributed by atoms with Crippen LogP contribution >= 0.6 is 54.2 Å². The summed E-state index contributed by atoms with van der Waals surface area (Å²) in [5.74, 6) is 0.227. The van der Waals surface area contributed by atoms with Gasteiger partial charge in [-0.2, -0.15) is 0 Å². The van der Waals surface area contributed by atoms with E-state index in [-0.39, 0.29) is 27.6 Å². The van der Waals surface area contributed by atoms with Gasteiger partial charge in [0.15, 0.2) is 11.5 Å². The second-order valence-corrected chi connectivity index (χ2v) is 8.26. The zero-order chi connectivity index (χ0) is 18.6. The number of hydrogen-bond donors (Lipinski definition) is 0. The standard InChI is InChI=1S/C16H15Cl4O4P/c1-3-10(2)22-25(21,23-15-6-4-11(17)8-13(15)19)24-16-7-5-12(18)9-14(16)20/h4-10H,3H2,1-2H3. The highest BCUT2D eigenvalue weighted by Gasteiger charge is 2.34. The Balaban J connectivity index is 2.34. The van der Waals surface area contributed by atoms with Gasteiger partial charge in [-0.15, -0.1) is 0 Å². The summed E-state index contributed by atoms with van der Waals surface area (Å²) >= 11 is 23.9. The number of hydrogen-bond acceptors (Lipinski definition) is 4. The third-order valence-corrected chi connectivity index (χ3v) is 5.61. The maximum Gasteiger partial charge on any atom is 0.587 e. The Morgan fingerprint density at radius 2 is 1.36 bits per heavy atom. The van der Waals surface area contributed by atoms with E-state index in [2.05, 4.69) is 0 Å². The minimum absolute atomic E-state index is 0.114. The lowest BCUT2D eigenvalue weighted by molar-refractivity contribution is 0.152. The molecule has 0 aliphatic rings. The van der Waals surface area contributed by atoms with Gasteiger partial charge in [-0.25, -0.2) is 4.57 Å². The maximum absolute atomic E-state index is 13.1. The van der Waals surface area contributed by atoms with Gasteiger partial charge in [0.25, 0.3) is 0 Å². The van der Waals surface area contributed by atoms with E-state index in [1.807, 2.05) is 6.92 Å². The Hall–Kier alpha value is -0.610. The molecule has 0 spiro atoms. The zero-order valence-corrected chi connectivity index (χ0v) is 17.3. The first-order valence-corrected chi connectivity index (χ1v) is 10.3. The molecule has 0 saturated carbocycles. The first-order valence-electron chi connectivity index (χ1n) is 7.30. The summed E-state index contributed by atoms with van der Waals surface area (Å²) in [6, 6.07) is 8.97. The van der Waals surface area contributed by atoms with E-state index in [9.17, 15) is 4.57 Å². The molecule has 0 aliphatic heterocycles. The second-order valence-electron chi connectivity index (χ2n) is 5.10. The molecule has 0 N–H and O–H groups in total. The van der Waals surface area contributed by atoms with Crippen molar-refractivity contribution < 1.29 is 18.1 Å². The Kier molecular flexibility index (Phi) is 7.33. The number of phosphoric ester groups is 1. The summed E-state index contributed by atoms with van der Waals surface area (Å²) in [5.41, 5.74) is 0. The molecule has 2 aromatic carbocycles. The van der Waals surface area contributed by atoms with E-state index in [0.717, 1.165) is 0 Å². The lowest BCUT2D eigenvalue weighted by Crippen LogP contribution is -2.12. The SMILES string of the molecule is CCC(C)OP(=O)(Oc1ccc(Cl)cc1Cl)Oc1ccc(Cl)cc1Cl. The fourth-order valence-corrected chi connectivity index (χ4v) is 4.21. The Morgan fingerprint density at radius 1 is 0.920 bits per heavy atom. The molecule has 2 rings (SSSR count). The van der Waals surface area contributed by atoms with Crippen molar-refractivity contribution in [1.29, 1.82) is 0 Å². The normalized spacial score (nSPS) is 12.7. The van der Waals surface area contributed by atoms with E-state index < -0.39 is 7.82 Å². The third kappa shape index (κ3) is 5.96. The van der Waals surface area contributed by atoms with Crippen molar-refractivity contribution in [2.24, 2.45) is 0 Å². The van der Waals surface area contributed by atoms with Crippen LogP contribution < -0.4 is 9.05 Å². The monoisotopic (exact) mass is 442 g/mol. The van der Waals surface area contributed by atoms with Crippen molar-refractivity contribution >= 4 is 54.2 Å². The molecule has 0 bridgehead atoms. The van der Waals surface area contributed by atoms with Crippen molar-refractivity contribution in [1.82, 2.24) is 0 Å². The van der Waals surface area contributed by atoms with Crippen molar-refractivity contribution in [2.75, 3.05) is 0 Å². The van der Waals surface area contributed by atoms with Crippen LogP contribution in [0, 0.1) is 0 Å². The fourth-order valence-electron chi connectivity index (χ4n) is 1.70. The van der Waals surface area contributed by atoms with Gasteiger partial charge in [0.05, 0.1) is 16.1 Å². The van der Waals surface area contributed by atoms with E-state index in [4.69, 9.17) is 60.0 Å². The van der Waals surface area contributed by atoms with E-state index in [0.29, 0.717) is 16.5 Å². The predicted octanol–water partition coefficient (Wildman–Crippen LogP) is 7.68. The highest BCUT2D eigenvalue weighted by atomic mass is 35.5. The molecule has 0 aromatic heterocycles. The highest BCUT2D eigenvalue weighted by Crippen LogP contribution is 2.53. The molecule has 25 heavy (non-hydrogen) atoms. The third-order valence-electron chi connectivity index (χ3n) is 3.09. The van der Waals surface area contributed by atoms with Crippen LogP contribution in [0.25, 0.3) is 0 Å². The van der Waals surface area contributed by atoms with Gasteiger partial charge >= 0.3 is 7.82 Å². The zero-order valence-electron chi connectivity index (χ0n) is 13.3. The van der Waals surface area contributed by atoms with Crippen LogP contribution in [0.3, 0.4) is 0 Å². The van der Waals surface area contributed by atoms with Gasteiger partial charge < -0.3 is 9.05 Å². The van der Waals surface area contributed by atoms with Gasteiger partial charge in [0.2, 0.25) is 0 Å². The Labute approximate surface area is 166 Å². The Bertz CT molecular complexity index is 742. The number of halogens is 4. The van der Waals surface area contributed by atoms with E-state index >= 15 is 0 Å². The van der Waals surface area contributed by atoms with Crippen LogP contribution in [0.1, 0.15) is 20.3 Å². The lowest BCUT2D eigenvalue weighted by Gasteiger charge is -2.22. The van der Waals surface area contributed by atoms with Crippen molar-refractivity contribution in [3.8, 4) is 11.5 Å². The quantitative estimate of drug-likeness (QED) is 0.411. The highest BCUT2D eigenvalue weighted by molar-refractivity contribution is 7.49. The summed E-state index contributed by atoms with van der Waals surface area (Å²) in [5, 5.41) is 1.17. The van der Waals surface area contributed by atoms with Crippen LogP contribution in [0.5, 0.6) is 11.5 Å². The molecule has 2 aromatic rings. The first kappa shape index (κ1) is 20.7. The average Bonchev–Trinajstić information content (AvgIpc) is 2.53. The summed E-state index contributed by atoms with van der Waals surface area (Å²) in [6.45, 7) is 3.62. The largest absolute Gasteiger partial charge is 0.587 e. The molecule has 1 unspecified atom stereocenters. The van der Waals surface area contributed by atoms with Crippen LogP contribution in [0.15, 0.2) is 36.4 Å². The number of phosphoric acid groups is 1. The predicted molar refractivity (Wildman–Crippen MR) is 103 cm³/mol. The Morgan fingerprint density at radius 3 is 1.72 bits per heavy atom. The molecule has 4 nitrogen and oxygen atoms in total. The van der Waals surface area contributed by atoms with Crippen molar-refractivity contribution in [3.05, 3.63) is 56.5 Å². The molecule has 9 heteroatoms. The minimum Gasteiger partial charge on any atom is -0.393 e. The minimum atomic E-state index is -4.07. The smallest absolute Gasteiger partial charge is 0.393 e. The molecule has 0 saturated heterocycles. The van der Waals surface area contributed by atoms with Gasteiger partial charge in [-0.1, -0.05) is 53.3 Å². The topological polar surface area (TPSA) is 44.8 Å². The molecule has 0 amide bonds. The van der Waals surface area contributed by atoms with Gasteiger partial charge in [0, 0.05) is 10.0 Å². The van der Waals surface area contributed by atoms with Crippen LogP contribution in [0.4, 0.5) is 0 Å². The molecule has 136 valence electrons. The number of rotatable bonds is 7. The van der Waals surface area contributed by atoms with Gasteiger partial charge in [-0.3, -0.25) is 4.52 Å². The van der Waals surface area contributed by atoms with Crippen LogP contribution in [-0.4, -0.2) is 6.10 Å². The van der Waals surface area contributed by atoms with Gasteiger partial charge in [-0.05, 0) is 49.7 Å². The molecular formula is C16H15Cl4O4P. The van der Waals surface area contributed by atoms with Crippen molar-refractivity contribution in [3.63, 3.8) is 0 Å². The molecule has 0 heterocycles. The van der Waals surface area contributed by atoms with Crippen LogP contribution in [-0.2, 0) is 9.09 Å². The molecule has 0 aliphatic carbocycles. The average molecular weight is 444 g/mol. The van der Waals surface area contributed by atoms with Crippen LogP contribution in [0.2, 0.25) is 20.1 Å². The number of benzene rings is 2. The van der Waals surface area contributed by atoms with E-state index in [1.165, 1.54) is 24.3 Å². The van der Waals surface area contributed by atoms with Gasteiger partial charge in [0.1, 0.15) is 0 Å². The fraction of sp³-hybridized carbons (Fsp3) is 0.250. The molecular weight excluding hydrogens is 429 g/mol. The first-order chi connectivity index (χ1) is 11.7. The summed E-state index contributed by atoms with van der Waals surface area (Å²) in [7, 11) is -4.07. The molecule has 0 radical (unpaired) electrons. The summed E-state index contributed by atoms with van der Waals surface area (Å²) < 4.78 is 29.6. The lowest BCUT2D eigenvalue weighted by atomic mass is 10.3. The van der Waals surface area contributed by atoms with Crippen molar-refractivity contribution in [2.45, 2.75) is 26.4 Å². The molecule has 0 fully saturated rings.